The van der Waals surface area contributed by atoms with Crippen molar-refractivity contribution in [3.8, 4) is 5.75 Å². The van der Waals surface area contributed by atoms with Crippen LogP contribution in [-0.4, -0.2) is 40.9 Å². The lowest BCUT2D eigenvalue weighted by Gasteiger charge is -2.36. The van der Waals surface area contributed by atoms with Gasteiger partial charge in [0.1, 0.15) is 17.4 Å². The van der Waals surface area contributed by atoms with Gasteiger partial charge in [-0.1, -0.05) is 19.9 Å². The number of ether oxygens (including phenoxy) is 1. The third-order valence-corrected chi connectivity index (χ3v) is 3.73. The van der Waals surface area contributed by atoms with Gasteiger partial charge in [-0.25, -0.2) is 0 Å². The van der Waals surface area contributed by atoms with Crippen molar-refractivity contribution in [2.45, 2.75) is 25.9 Å². The largest absolute Gasteiger partial charge is 0.485 e. The van der Waals surface area contributed by atoms with E-state index < -0.39 is 0 Å². The van der Waals surface area contributed by atoms with E-state index in [1.807, 2.05) is 11.7 Å². The Hall–Kier alpha value is -1.55. The van der Waals surface area contributed by atoms with E-state index in [0.717, 1.165) is 24.4 Å². The van der Waals surface area contributed by atoms with Gasteiger partial charge in [0.25, 0.3) is 0 Å². The number of aromatic nitrogens is 2. The molecule has 0 bridgehead atoms. The molecule has 3 rings (SSSR count). The van der Waals surface area contributed by atoms with Gasteiger partial charge in [-0.3, -0.25) is 9.58 Å². The van der Waals surface area contributed by atoms with E-state index in [9.17, 15) is 0 Å². The number of aryl methyl sites for hydroxylation is 1. The summed E-state index contributed by atoms with van der Waals surface area (Å²) in [6.45, 7) is 6.42. The van der Waals surface area contributed by atoms with Crippen LogP contribution in [0.15, 0.2) is 18.3 Å². The topological polar surface area (TPSA) is 30.3 Å². The molecule has 1 aromatic heterocycles. The Morgan fingerprint density at radius 1 is 1.26 bits per heavy atom. The van der Waals surface area contributed by atoms with Crippen molar-refractivity contribution in [3.63, 3.8) is 0 Å². The zero-order valence-corrected chi connectivity index (χ0v) is 12.1. The average molecular weight is 259 g/mol. The molecule has 1 aromatic carbocycles. The maximum atomic E-state index is 6.06. The molecule has 19 heavy (non-hydrogen) atoms. The first-order valence-electron chi connectivity index (χ1n) is 6.86. The molecular weight excluding hydrogens is 238 g/mol. The molecule has 102 valence electrons. The first-order valence-corrected chi connectivity index (χ1v) is 6.86. The third-order valence-electron chi connectivity index (χ3n) is 3.73. The fourth-order valence-corrected chi connectivity index (χ4v) is 2.71. The summed E-state index contributed by atoms with van der Waals surface area (Å²) in [4.78, 5) is 2.25. The van der Waals surface area contributed by atoms with Crippen LogP contribution in [0.2, 0.25) is 0 Å². The predicted octanol–water partition coefficient (Wildman–Crippen LogP) is 2.39. The minimum Gasteiger partial charge on any atom is -0.485 e. The number of likely N-dealkylation sites (N-methyl/N-ethyl adjacent to an activating group) is 1. The highest BCUT2D eigenvalue weighted by atomic mass is 16.5. The highest BCUT2D eigenvalue weighted by Crippen LogP contribution is 2.32. The highest BCUT2D eigenvalue weighted by molar-refractivity contribution is 5.87. The molecule has 2 aromatic rings. The number of hydrogen-bond acceptors (Lipinski definition) is 3. The monoisotopic (exact) mass is 259 g/mol. The van der Waals surface area contributed by atoms with Crippen LogP contribution < -0.4 is 4.74 Å². The molecule has 0 atom stereocenters. The summed E-state index contributed by atoms with van der Waals surface area (Å²) in [6, 6.07) is 4.25. The predicted molar refractivity (Wildman–Crippen MR) is 76.7 cm³/mol. The molecule has 0 spiro atoms. The molecule has 0 unspecified atom stereocenters. The van der Waals surface area contributed by atoms with Crippen LogP contribution in [-0.2, 0) is 7.05 Å². The van der Waals surface area contributed by atoms with Crippen LogP contribution in [0.1, 0.15) is 25.3 Å². The zero-order valence-electron chi connectivity index (χ0n) is 12.1. The molecule has 0 amide bonds. The van der Waals surface area contributed by atoms with E-state index in [1.165, 1.54) is 10.9 Å². The van der Waals surface area contributed by atoms with Gasteiger partial charge in [0.15, 0.2) is 0 Å². The van der Waals surface area contributed by atoms with Crippen molar-refractivity contribution in [2.75, 3.05) is 20.1 Å². The molecule has 4 heteroatoms. The number of likely N-dealkylation sites (tertiary alicyclic amines) is 1. The summed E-state index contributed by atoms with van der Waals surface area (Å²) < 4.78 is 7.94. The Kier molecular flexibility index (Phi) is 2.97. The first-order chi connectivity index (χ1) is 9.04. The van der Waals surface area contributed by atoms with Crippen LogP contribution in [0.25, 0.3) is 10.9 Å². The van der Waals surface area contributed by atoms with Gasteiger partial charge in [-0.05, 0) is 24.6 Å². The summed E-state index contributed by atoms with van der Waals surface area (Å²) >= 11 is 0. The number of rotatable bonds is 3. The molecule has 0 aliphatic carbocycles. The summed E-state index contributed by atoms with van der Waals surface area (Å²) in [7, 11) is 4.07. The highest BCUT2D eigenvalue weighted by Gasteiger charge is 2.26. The number of benzene rings is 1. The summed E-state index contributed by atoms with van der Waals surface area (Å²) in [6.07, 6.45) is 2.39. The molecule has 1 fully saturated rings. The van der Waals surface area contributed by atoms with Gasteiger partial charge in [-0.2, -0.15) is 5.10 Å². The maximum Gasteiger partial charge on any atom is 0.147 e. The third kappa shape index (κ3) is 2.21. The molecule has 1 aliphatic heterocycles. The Bertz CT molecular complexity index is 597. The molecule has 0 saturated carbocycles. The first kappa shape index (κ1) is 12.5. The second-order valence-corrected chi connectivity index (χ2v) is 5.83. The number of nitrogens with zero attached hydrogens (tertiary/aromatic N) is 3. The van der Waals surface area contributed by atoms with E-state index in [1.54, 1.807) is 0 Å². The molecule has 0 radical (unpaired) electrons. The Labute approximate surface area is 114 Å². The average Bonchev–Trinajstić information content (AvgIpc) is 2.68. The molecule has 0 N–H and O–H groups in total. The second kappa shape index (κ2) is 4.53. The van der Waals surface area contributed by atoms with Gasteiger partial charge in [0, 0.05) is 31.7 Å². The fourth-order valence-electron chi connectivity index (χ4n) is 2.71. The lowest BCUT2D eigenvalue weighted by Crippen LogP contribution is -2.51. The van der Waals surface area contributed by atoms with Crippen LogP contribution >= 0.6 is 0 Å². The van der Waals surface area contributed by atoms with Gasteiger partial charge < -0.3 is 4.74 Å². The molecule has 4 nitrogen and oxygen atoms in total. The maximum absolute atomic E-state index is 6.06. The normalized spacial score (nSPS) is 17.1. The van der Waals surface area contributed by atoms with Crippen molar-refractivity contribution in [1.82, 2.24) is 14.7 Å². The quantitative estimate of drug-likeness (QED) is 0.848. The molecular formula is C15H21N3O. The molecule has 1 aliphatic rings. The van der Waals surface area contributed by atoms with Crippen LogP contribution in [0, 0.1) is 0 Å². The van der Waals surface area contributed by atoms with E-state index in [-0.39, 0.29) is 0 Å². The van der Waals surface area contributed by atoms with E-state index in [0.29, 0.717) is 12.0 Å². The number of hydrogen-bond donors (Lipinski definition) is 0. The summed E-state index contributed by atoms with van der Waals surface area (Å²) in [5.74, 6) is 1.41. The minimum atomic E-state index is 0.306. The Morgan fingerprint density at radius 2 is 2.00 bits per heavy atom. The molecule has 1 saturated heterocycles. The van der Waals surface area contributed by atoms with Crippen molar-refractivity contribution in [1.29, 1.82) is 0 Å². The van der Waals surface area contributed by atoms with Crippen LogP contribution in [0.4, 0.5) is 0 Å². The van der Waals surface area contributed by atoms with Gasteiger partial charge in [-0.15, -0.1) is 0 Å². The Morgan fingerprint density at radius 3 is 2.63 bits per heavy atom. The fraction of sp³-hybridized carbons (Fsp3) is 0.533. The summed E-state index contributed by atoms with van der Waals surface area (Å²) in [5.41, 5.74) is 2.32. The zero-order chi connectivity index (χ0) is 13.6. The van der Waals surface area contributed by atoms with Crippen molar-refractivity contribution in [3.05, 3.63) is 23.9 Å². The minimum absolute atomic E-state index is 0.306. The van der Waals surface area contributed by atoms with E-state index >= 15 is 0 Å². The van der Waals surface area contributed by atoms with E-state index in [2.05, 4.69) is 49.2 Å². The smallest absolute Gasteiger partial charge is 0.147 e. The SMILES string of the molecule is CC(C)c1ccc(OC2CN(C)C2)c2nn(C)cc12. The lowest BCUT2D eigenvalue weighted by molar-refractivity contribution is 0.0398. The van der Waals surface area contributed by atoms with Crippen LogP contribution in [0.3, 0.4) is 0 Å². The van der Waals surface area contributed by atoms with Gasteiger partial charge >= 0.3 is 0 Å². The lowest BCUT2D eigenvalue weighted by atomic mass is 9.99. The molecule has 2 heterocycles. The van der Waals surface area contributed by atoms with E-state index in [4.69, 9.17) is 4.74 Å². The van der Waals surface area contributed by atoms with Crippen molar-refractivity contribution < 1.29 is 4.74 Å². The Balaban J connectivity index is 1.99. The standard InChI is InChI=1S/C15H21N3O/c1-10(2)12-5-6-14(19-11-7-17(3)8-11)15-13(12)9-18(4)16-15/h5-6,9-11H,7-8H2,1-4H3. The number of fused-ring (bicyclic) bond motifs is 1. The van der Waals surface area contributed by atoms with Crippen LogP contribution in [0.5, 0.6) is 5.75 Å². The van der Waals surface area contributed by atoms with Crippen molar-refractivity contribution in [2.24, 2.45) is 7.05 Å². The van der Waals surface area contributed by atoms with Crippen molar-refractivity contribution >= 4 is 10.9 Å². The second-order valence-electron chi connectivity index (χ2n) is 5.83. The van der Waals surface area contributed by atoms with Gasteiger partial charge in [0.2, 0.25) is 0 Å². The summed E-state index contributed by atoms with van der Waals surface area (Å²) in [5, 5.41) is 5.78. The van der Waals surface area contributed by atoms with Gasteiger partial charge in [0.05, 0.1) is 0 Å².